The molecule has 1 aromatic heterocycles. The van der Waals surface area contributed by atoms with Crippen LogP contribution in [-0.2, 0) is 5.88 Å². The van der Waals surface area contributed by atoms with Crippen LogP contribution in [0, 0.1) is 5.41 Å². The number of aromatic nitrogens is 1. The molecule has 0 saturated carbocycles. The van der Waals surface area contributed by atoms with Crippen molar-refractivity contribution in [2.24, 2.45) is 5.41 Å². The van der Waals surface area contributed by atoms with E-state index >= 15 is 0 Å². The van der Waals surface area contributed by atoms with Gasteiger partial charge in [-0.2, -0.15) is 0 Å². The van der Waals surface area contributed by atoms with Crippen LogP contribution in [0.2, 0.25) is 0 Å². The maximum atomic E-state index is 5.96. The van der Waals surface area contributed by atoms with Gasteiger partial charge in [0.2, 0.25) is 0 Å². The van der Waals surface area contributed by atoms with Gasteiger partial charge in [-0.3, -0.25) is 0 Å². The maximum absolute atomic E-state index is 5.96. The Morgan fingerprint density at radius 3 is 3.00 bits per heavy atom. The first kappa shape index (κ1) is 11.7. The smallest absolute Gasteiger partial charge is 0.132 e. The lowest BCUT2D eigenvalue weighted by atomic mass is 9.84. The molecule has 0 radical (unpaired) electrons. The predicted molar refractivity (Wildman–Crippen MR) is 69.0 cm³/mol. The molecule has 0 unspecified atom stereocenters. The summed E-state index contributed by atoms with van der Waals surface area (Å²) in [7, 11) is 0. The van der Waals surface area contributed by atoms with E-state index in [2.05, 4.69) is 29.8 Å². The van der Waals surface area contributed by atoms with Crippen LogP contribution in [0.25, 0.3) is 0 Å². The van der Waals surface area contributed by atoms with E-state index in [0.29, 0.717) is 11.3 Å². The van der Waals surface area contributed by atoms with Crippen molar-refractivity contribution in [1.29, 1.82) is 0 Å². The Kier molecular flexibility index (Phi) is 3.38. The van der Waals surface area contributed by atoms with Crippen LogP contribution in [0.1, 0.15) is 32.3 Å². The third-order valence-corrected chi connectivity index (χ3v) is 3.50. The average Bonchev–Trinajstić information content (AvgIpc) is 2.27. The molecule has 0 N–H and O–H groups in total. The number of alkyl halides is 1. The van der Waals surface area contributed by atoms with Crippen molar-refractivity contribution in [2.75, 3.05) is 18.0 Å². The quantitative estimate of drug-likeness (QED) is 0.734. The van der Waals surface area contributed by atoms with Gasteiger partial charge in [0.15, 0.2) is 0 Å². The molecule has 0 spiro atoms. The second-order valence-electron chi connectivity index (χ2n) is 5.31. The number of rotatable bonds is 2. The Morgan fingerprint density at radius 1 is 1.50 bits per heavy atom. The van der Waals surface area contributed by atoms with Crippen molar-refractivity contribution in [3.63, 3.8) is 0 Å². The maximum Gasteiger partial charge on any atom is 0.132 e. The molecular formula is C13H19ClN2. The molecule has 1 aliphatic heterocycles. The van der Waals surface area contributed by atoms with Crippen LogP contribution < -0.4 is 4.90 Å². The summed E-state index contributed by atoms with van der Waals surface area (Å²) < 4.78 is 0. The topological polar surface area (TPSA) is 16.1 Å². The zero-order valence-corrected chi connectivity index (χ0v) is 10.8. The molecule has 0 amide bonds. The van der Waals surface area contributed by atoms with Crippen LogP contribution in [-0.4, -0.2) is 18.1 Å². The number of halogens is 1. The van der Waals surface area contributed by atoms with Gasteiger partial charge in [-0.05, 0) is 24.3 Å². The number of nitrogens with zero attached hydrogens (tertiary/aromatic N) is 2. The summed E-state index contributed by atoms with van der Waals surface area (Å²) in [5, 5.41) is 0. The molecule has 1 aliphatic rings. The number of pyridine rings is 1. The molecule has 1 aromatic rings. The second kappa shape index (κ2) is 4.62. The molecule has 0 aromatic carbocycles. The predicted octanol–water partition coefficient (Wildman–Crippen LogP) is 3.45. The minimum atomic E-state index is 0.388. The van der Waals surface area contributed by atoms with E-state index in [1.165, 1.54) is 12.8 Å². The first-order valence-corrected chi connectivity index (χ1v) is 6.41. The monoisotopic (exact) mass is 238 g/mol. The fraction of sp³-hybridized carbons (Fsp3) is 0.615. The molecule has 1 saturated heterocycles. The largest absolute Gasteiger partial charge is 0.356 e. The van der Waals surface area contributed by atoms with Gasteiger partial charge in [-0.25, -0.2) is 4.98 Å². The number of anilines is 1. The summed E-state index contributed by atoms with van der Waals surface area (Å²) in [6.45, 7) is 6.82. The van der Waals surface area contributed by atoms with E-state index in [9.17, 15) is 0 Å². The van der Waals surface area contributed by atoms with Crippen molar-refractivity contribution in [1.82, 2.24) is 4.98 Å². The SMILES string of the molecule is CC1(C)CCCN(c2ncccc2CCl)C1. The Balaban J connectivity index is 2.23. The van der Waals surface area contributed by atoms with Crippen LogP contribution in [0.15, 0.2) is 18.3 Å². The summed E-state index contributed by atoms with van der Waals surface area (Å²) in [5.41, 5.74) is 1.53. The lowest BCUT2D eigenvalue weighted by molar-refractivity contribution is 0.292. The highest BCUT2D eigenvalue weighted by Crippen LogP contribution is 2.32. The van der Waals surface area contributed by atoms with E-state index in [4.69, 9.17) is 11.6 Å². The lowest BCUT2D eigenvalue weighted by Crippen LogP contribution is -2.40. The zero-order valence-electron chi connectivity index (χ0n) is 10.0. The molecule has 1 fully saturated rings. The van der Waals surface area contributed by atoms with Gasteiger partial charge in [-0.1, -0.05) is 19.9 Å². The van der Waals surface area contributed by atoms with Gasteiger partial charge in [0.1, 0.15) is 5.82 Å². The first-order chi connectivity index (χ1) is 7.62. The fourth-order valence-electron chi connectivity index (χ4n) is 2.42. The van der Waals surface area contributed by atoms with Crippen molar-refractivity contribution in [3.8, 4) is 0 Å². The van der Waals surface area contributed by atoms with Gasteiger partial charge in [0, 0.05) is 24.8 Å². The highest BCUT2D eigenvalue weighted by molar-refractivity contribution is 6.17. The molecule has 0 aliphatic carbocycles. The molecule has 0 atom stereocenters. The van der Waals surface area contributed by atoms with Crippen LogP contribution in [0.3, 0.4) is 0 Å². The molecule has 0 bridgehead atoms. The molecule has 2 rings (SSSR count). The Morgan fingerprint density at radius 2 is 2.31 bits per heavy atom. The first-order valence-electron chi connectivity index (χ1n) is 5.87. The van der Waals surface area contributed by atoms with Crippen LogP contribution in [0.4, 0.5) is 5.82 Å². The molecule has 16 heavy (non-hydrogen) atoms. The van der Waals surface area contributed by atoms with Crippen molar-refractivity contribution in [2.45, 2.75) is 32.6 Å². The molecule has 3 heteroatoms. The van der Waals surface area contributed by atoms with Crippen molar-refractivity contribution >= 4 is 17.4 Å². The van der Waals surface area contributed by atoms with Gasteiger partial charge >= 0.3 is 0 Å². The van der Waals surface area contributed by atoms with E-state index < -0.39 is 0 Å². The highest BCUT2D eigenvalue weighted by Gasteiger charge is 2.27. The highest BCUT2D eigenvalue weighted by atomic mass is 35.5. The summed E-state index contributed by atoms with van der Waals surface area (Å²) in [5.74, 6) is 1.62. The second-order valence-corrected chi connectivity index (χ2v) is 5.58. The minimum absolute atomic E-state index is 0.388. The van der Waals surface area contributed by atoms with Gasteiger partial charge in [0.05, 0.1) is 5.88 Å². The molecular weight excluding hydrogens is 220 g/mol. The molecule has 88 valence electrons. The molecule has 2 heterocycles. The summed E-state index contributed by atoms with van der Waals surface area (Å²) >= 11 is 5.96. The van der Waals surface area contributed by atoms with Gasteiger partial charge in [-0.15, -0.1) is 11.6 Å². The molecule has 2 nitrogen and oxygen atoms in total. The number of hydrogen-bond acceptors (Lipinski definition) is 2. The van der Waals surface area contributed by atoms with Crippen molar-refractivity contribution < 1.29 is 0 Å². The van der Waals surface area contributed by atoms with E-state index in [1.807, 2.05) is 12.3 Å². The standard InChI is InChI=1S/C13H19ClN2/c1-13(2)6-4-8-16(10-13)12-11(9-14)5-3-7-15-12/h3,5,7H,4,6,8-10H2,1-2H3. The van der Waals surface area contributed by atoms with Crippen LogP contribution in [0.5, 0.6) is 0 Å². The van der Waals surface area contributed by atoms with Gasteiger partial charge < -0.3 is 4.90 Å². The van der Waals surface area contributed by atoms with E-state index in [0.717, 1.165) is 24.5 Å². The Labute approximate surface area is 103 Å². The third kappa shape index (κ3) is 2.49. The van der Waals surface area contributed by atoms with E-state index in [1.54, 1.807) is 0 Å². The van der Waals surface area contributed by atoms with Gasteiger partial charge in [0.25, 0.3) is 0 Å². The van der Waals surface area contributed by atoms with E-state index in [-0.39, 0.29) is 0 Å². The number of hydrogen-bond donors (Lipinski definition) is 0. The number of piperidine rings is 1. The third-order valence-electron chi connectivity index (χ3n) is 3.21. The Bertz CT molecular complexity index is 363. The minimum Gasteiger partial charge on any atom is -0.356 e. The van der Waals surface area contributed by atoms with Crippen LogP contribution >= 0.6 is 11.6 Å². The summed E-state index contributed by atoms with van der Waals surface area (Å²) in [4.78, 5) is 6.86. The zero-order chi connectivity index (χ0) is 11.6. The summed E-state index contributed by atoms with van der Waals surface area (Å²) in [6, 6.07) is 4.02. The van der Waals surface area contributed by atoms with Crippen molar-refractivity contribution in [3.05, 3.63) is 23.9 Å². The normalized spacial score (nSPS) is 19.8. The summed E-state index contributed by atoms with van der Waals surface area (Å²) in [6.07, 6.45) is 4.39. The average molecular weight is 239 g/mol. The lowest BCUT2D eigenvalue weighted by Gasteiger charge is -2.39. The Hall–Kier alpha value is -0.760. The fourth-order valence-corrected chi connectivity index (χ4v) is 2.63.